The summed E-state index contributed by atoms with van der Waals surface area (Å²) in [7, 11) is 0. The van der Waals surface area contributed by atoms with Crippen molar-refractivity contribution in [3.05, 3.63) is 59.9 Å². The maximum atomic E-state index is 13.2. The molecule has 3 aliphatic rings. The van der Waals surface area contributed by atoms with Crippen LogP contribution in [-0.4, -0.2) is 72.0 Å². The number of carbonyl (C=O) groups excluding carboxylic acids is 1. The summed E-state index contributed by atoms with van der Waals surface area (Å²) in [5, 5.41) is 3.24. The minimum atomic E-state index is -4.33. The quantitative estimate of drug-likeness (QED) is 0.511. The number of anilines is 1. The summed E-state index contributed by atoms with van der Waals surface area (Å²) in [6, 6.07) is 10.5. The number of pyridine rings is 1. The van der Waals surface area contributed by atoms with Crippen LogP contribution in [0.4, 0.5) is 18.9 Å². The lowest BCUT2D eigenvalue weighted by Gasteiger charge is -2.47. The lowest BCUT2D eigenvalue weighted by Crippen LogP contribution is -2.56. The van der Waals surface area contributed by atoms with Gasteiger partial charge >= 0.3 is 6.18 Å². The number of rotatable bonds is 8. The fraction of sp³-hybridized carbons (Fsp3) is 0.600. The Balaban J connectivity index is 1.20. The van der Waals surface area contributed by atoms with E-state index in [0.29, 0.717) is 43.2 Å². The molecule has 0 unspecified atom stereocenters. The van der Waals surface area contributed by atoms with Gasteiger partial charge in [0.15, 0.2) is 0 Å². The van der Waals surface area contributed by atoms with E-state index in [2.05, 4.69) is 37.1 Å². The Morgan fingerprint density at radius 1 is 0.974 bits per heavy atom. The van der Waals surface area contributed by atoms with Crippen molar-refractivity contribution in [2.45, 2.75) is 69.8 Å². The average Bonchev–Trinajstić information content (AvgIpc) is 3.45. The highest BCUT2D eigenvalue weighted by Crippen LogP contribution is 2.33. The van der Waals surface area contributed by atoms with E-state index in [0.717, 1.165) is 64.5 Å². The third-order valence-corrected chi connectivity index (χ3v) is 8.72. The second-order valence-corrected chi connectivity index (χ2v) is 11.4. The van der Waals surface area contributed by atoms with Gasteiger partial charge in [0.05, 0.1) is 5.56 Å². The molecule has 0 bridgehead atoms. The van der Waals surface area contributed by atoms with Gasteiger partial charge in [0.2, 0.25) is 5.91 Å². The summed E-state index contributed by atoms with van der Waals surface area (Å²) >= 11 is 0. The summed E-state index contributed by atoms with van der Waals surface area (Å²) in [5.41, 5.74) is 1.28. The van der Waals surface area contributed by atoms with Gasteiger partial charge in [0.25, 0.3) is 0 Å². The van der Waals surface area contributed by atoms with Gasteiger partial charge in [-0.3, -0.25) is 19.6 Å². The highest BCUT2D eigenvalue weighted by molar-refractivity contribution is 5.76. The standard InChI is InChI=1S/C30H40F3N5O/c31-30(32,33)25-4-3-7-27(20-25)37-16-18-38(19-17-37)28-12-15-36(21-23-10-13-34-14-11-23)22-24(28)8-9-29(39)35-26-5-1-2-6-26/h3-4,7,10-11,13-14,20,24,26,28H,1-2,5-6,8-9,12,15-19,21-22H2,(H,35,39)/t24-,28+/m0/s1. The zero-order valence-corrected chi connectivity index (χ0v) is 22.6. The van der Waals surface area contributed by atoms with Gasteiger partial charge in [0, 0.05) is 75.9 Å². The molecule has 2 atom stereocenters. The lowest BCUT2D eigenvalue weighted by atomic mass is 9.86. The Labute approximate surface area is 229 Å². The molecule has 39 heavy (non-hydrogen) atoms. The van der Waals surface area contributed by atoms with Crippen molar-refractivity contribution < 1.29 is 18.0 Å². The number of piperazine rings is 1. The molecule has 1 amide bonds. The van der Waals surface area contributed by atoms with E-state index in [9.17, 15) is 18.0 Å². The molecule has 3 fully saturated rings. The Hall–Kier alpha value is -2.65. The molecule has 1 aliphatic carbocycles. The molecule has 6 nitrogen and oxygen atoms in total. The molecule has 0 spiro atoms. The topological polar surface area (TPSA) is 51.7 Å². The number of halogens is 3. The van der Waals surface area contributed by atoms with Crippen LogP contribution in [0.5, 0.6) is 0 Å². The van der Waals surface area contributed by atoms with Gasteiger partial charge < -0.3 is 10.2 Å². The molecule has 2 saturated heterocycles. The van der Waals surface area contributed by atoms with Gasteiger partial charge in [-0.1, -0.05) is 18.9 Å². The third kappa shape index (κ3) is 7.51. The van der Waals surface area contributed by atoms with Crippen molar-refractivity contribution in [3.8, 4) is 0 Å². The first-order valence-electron chi connectivity index (χ1n) is 14.4. The largest absolute Gasteiger partial charge is 0.416 e. The molecule has 1 aromatic heterocycles. The summed E-state index contributed by atoms with van der Waals surface area (Å²) in [6.07, 6.45) is 6.34. The van der Waals surface area contributed by atoms with Gasteiger partial charge in [-0.05, 0) is 74.0 Å². The maximum absolute atomic E-state index is 13.2. The van der Waals surface area contributed by atoms with Crippen LogP contribution in [0.15, 0.2) is 48.8 Å². The van der Waals surface area contributed by atoms with E-state index in [1.165, 1.54) is 30.5 Å². The SMILES string of the molecule is O=C(CC[C@H]1CN(Cc2ccncc2)CC[C@H]1N1CCN(c2cccc(C(F)(F)F)c2)CC1)NC1CCCC1. The Kier molecular flexibility index (Phi) is 9.07. The molecule has 2 aromatic rings. The van der Waals surface area contributed by atoms with E-state index >= 15 is 0 Å². The highest BCUT2D eigenvalue weighted by Gasteiger charge is 2.36. The van der Waals surface area contributed by atoms with Crippen molar-refractivity contribution in [2.75, 3.05) is 44.2 Å². The number of aromatic nitrogens is 1. The van der Waals surface area contributed by atoms with Crippen LogP contribution >= 0.6 is 0 Å². The summed E-state index contributed by atoms with van der Waals surface area (Å²) in [4.78, 5) is 24.0. The fourth-order valence-corrected chi connectivity index (χ4v) is 6.63. The number of hydrogen-bond acceptors (Lipinski definition) is 5. The van der Waals surface area contributed by atoms with Crippen LogP contribution in [0.2, 0.25) is 0 Å². The van der Waals surface area contributed by atoms with E-state index in [-0.39, 0.29) is 5.91 Å². The number of amides is 1. The zero-order valence-electron chi connectivity index (χ0n) is 22.6. The van der Waals surface area contributed by atoms with Gasteiger partial charge in [0.1, 0.15) is 0 Å². The zero-order chi connectivity index (χ0) is 27.2. The molecule has 212 valence electrons. The van der Waals surface area contributed by atoms with Crippen molar-refractivity contribution in [1.82, 2.24) is 20.1 Å². The van der Waals surface area contributed by atoms with Gasteiger partial charge in [-0.25, -0.2) is 0 Å². The Morgan fingerprint density at radius 3 is 2.44 bits per heavy atom. The fourth-order valence-electron chi connectivity index (χ4n) is 6.63. The number of nitrogens with zero attached hydrogens (tertiary/aromatic N) is 4. The minimum absolute atomic E-state index is 0.168. The molecule has 1 aromatic carbocycles. The molecule has 1 N–H and O–H groups in total. The lowest BCUT2D eigenvalue weighted by molar-refractivity contribution is -0.137. The molecular formula is C30H40F3N5O. The van der Waals surface area contributed by atoms with Crippen LogP contribution < -0.4 is 10.2 Å². The van der Waals surface area contributed by atoms with Crippen LogP contribution in [-0.2, 0) is 17.5 Å². The number of benzene rings is 1. The van der Waals surface area contributed by atoms with Crippen molar-refractivity contribution in [2.24, 2.45) is 5.92 Å². The highest BCUT2D eigenvalue weighted by atomic mass is 19.4. The number of nitrogens with one attached hydrogen (secondary N) is 1. The third-order valence-electron chi connectivity index (χ3n) is 8.72. The molecule has 0 radical (unpaired) electrons. The number of carbonyl (C=O) groups is 1. The molecule has 3 heterocycles. The maximum Gasteiger partial charge on any atom is 0.416 e. The first-order valence-corrected chi connectivity index (χ1v) is 14.4. The molecule has 2 aliphatic heterocycles. The molecule has 5 rings (SSSR count). The minimum Gasteiger partial charge on any atom is -0.369 e. The predicted molar refractivity (Wildman–Crippen MR) is 146 cm³/mol. The van der Waals surface area contributed by atoms with Crippen LogP contribution in [0.1, 0.15) is 56.1 Å². The van der Waals surface area contributed by atoms with Crippen LogP contribution in [0.25, 0.3) is 0 Å². The summed E-state index contributed by atoms with van der Waals surface area (Å²) < 4.78 is 39.7. The first kappa shape index (κ1) is 27.9. The van der Waals surface area contributed by atoms with Gasteiger partial charge in [-0.2, -0.15) is 13.2 Å². The van der Waals surface area contributed by atoms with E-state index in [4.69, 9.17) is 0 Å². The van der Waals surface area contributed by atoms with Crippen LogP contribution in [0.3, 0.4) is 0 Å². The monoisotopic (exact) mass is 543 g/mol. The molecular weight excluding hydrogens is 503 g/mol. The van der Waals surface area contributed by atoms with E-state index in [1.807, 2.05) is 12.4 Å². The smallest absolute Gasteiger partial charge is 0.369 e. The van der Waals surface area contributed by atoms with Gasteiger partial charge in [-0.15, -0.1) is 0 Å². The normalized spacial score (nSPS) is 23.7. The molecule has 9 heteroatoms. The van der Waals surface area contributed by atoms with Crippen molar-refractivity contribution >= 4 is 11.6 Å². The number of hydrogen-bond donors (Lipinski definition) is 1. The van der Waals surface area contributed by atoms with E-state index < -0.39 is 11.7 Å². The summed E-state index contributed by atoms with van der Waals surface area (Å²) in [5.74, 6) is 0.538. The second-order valence-electron chi connectivity index (χ2n) is 11.4. The van der Waals surface area contributed by atoms with Crippen LogP contribution in [0, 0.1) is 5.92 Å². The Morgan fingerprint density at radius 2 is 1.72 bits per heavy atom. The number of likely N-dealkylation sites (tertiary alicyclic amines) is 1. The van der Waals surface area contributed by atoms with Crippen molar-refractivity contribution in [3.63, 3.8) is 0 Å². The Bertz CT molecular complexity index is 1070. The number of alkyl halides is 3. The summed E-state index contributed by atoms with van der Waals surface area (Å²) in [6.45, 7) is 5.85. The number of piperidine rings is 1. The predicted octanol–water partition coefficient (Wildman–Crippen LogP) is 4.95. The van der Waals surface area contributed by atoms with Crippen molar-refractivity contribution in [1.29, 1.82) is 0 Å². The average molecular weight is 544 g/mol. The molecule has 1 saturated carbocycles. The first-order chi connectivity index (χ1) is 18.8. The second kappa shape index (κ2) is 12.7. The van der Waals surface area contributed by atoms with E-state index in [1.54, 1.807) is 6.07 Å².